The van der Waals surface area contributed by atoms with E-state index in [1.807, 2.05) is 30.5 Å². The van der Waals surface area contributed by atoms with Gasteiger partial charge < -0.3 is 24.2 Å². The lowest BCUT2D eigenvalue weighted by atomic mass is 10.1. The van der Waals surface area contributed by atoms with Gasteiger partial charge in [0.1, 0.15) is 24.7 Å². The first kappa shape index (κ1) is 16.4. The average molecular weight is 375 g/mol. The van der Waals surface area contributed by atoms with Gasteiger partial charge in [-0.05, 0) is 18.2 Å². The van der Waals surface area contributed by atoms with Gasteiger partial charge in [0, 0.05) is 28.2 Å². The van der Waals surface area contributed by atoms with Gasteiger partial charge in [-0.2, -0.15) is 0 Å². The smallest absolute Gasteiger partial charge is 0.211 e. The summed E-state index contributed by atoms with van der Waals surface area (Å²) in [7, 11) is 1.53. The molecule has 0 fully saturated rings. The predicted molar refractivity (Wildman–Crippen MR) is 103 cm³/mol. The molecule has 4 aromatic rings. The Morgan fingerprint density at radius 1 is 1.18 bits per heavy atom. The number of hydrogen-bond donors (Lipinski definition) is 2. The van der Waals surface area contributed by atoms with Crippen LogP contribution in [0.15, 0.2) is 48.8 Å². The molecule has 1 aliphatic heterocycles. The molecule has 0 unspecified atom stereocenters. The quantitative estimate of drug-likeness (QED) is 0.532. The van der Waals surface area contributed by atoms with E-state index in [1.54, 1.807) is 18.3 Å². The molecule has 2 N–H and O–H groups in total. The Bertz CT molecular complexity index is 1170. The molecule has 0 bridgehead atoms. The molecule has 0 saturated carbocycles. The number of para-hydroxylation sites is 1. The molecule has 5 rings (SSSR count). The van der Waals surface area contributed by atoms with E-state index in [1.165, 1.54) is 7.11 Å². The number of nitrogens with one attached hydrogen (secondary N) is 2. The molecule has 7 nitrogen and oxygen atoms in total. The third-order valence-electron chi connectivity index (χ3n) is 4.75. The van der Waals surface area contributed by atoms with Crippen LogP contribution in [0, 0.1) is 0 Å². The first-order valence-electron chi connectivity index (χ1n) is 8.88. The molecule has 1 aliphatic rings. The second-order valence-corrected chi connectivity index (χ2v) is 6.43. The fraction of sp³-hybridized carbons (Fsp3) is 0.143. The summed E-state index contributed by atoms with van der Waals surface area (Å²) in [6, 6.07) is 11.3. The molecular weight excluding hydrogens is 358 g/mol. The maximum atomic E-state index is 13.0. The first-order chi connectivity index (χ1) is 13.7. The van der Waals surface area contributed by atoms with Crippen molar-refractivity contribution in [2.24, 2.45) is 0 Å². The molecule has 0 amide bonds. The van der Waals surface area contributed by atoms with Crippen LogP contribution >= 0.6 is 0 Å². The second-order valence-electron chi connectivity index (χ2n) is 6.43. The van der Waals surface area contributed by atoms with Crippen LogP contribution in [0.1, 0.15) is 16.1 Å². The lowest BCUT2D eigenvalue weighted by molar-refractivity contribution is 0.103. The molecule has 7 heteroatoms. The van der Waals surface area contributed by atoms with Crippen molar-refractivity contribution in [2.45, 2.75) is 0 Å². The minimum atomic E-state index is -0.200. The van der Waals surface area contributed by atoms with E-state index < -0.39 is 0 Å². The summed E-state index contributed by atoms with van der Waals surface area (Å²) in [5.41, 5.74) is 2.75. The van der Waals surface area contributed by atoms with Gasteiger partial charge in [-0.3, -0.25) is 4.79 Å². The normalized spacial score (nSPS) is 12.9. The first-order valence-corrected chi connectivity index (χ1v) is 8.88. The van der Waals surface area contributed by atoms with Crippen LogP contribution in [0.5, 0.6) is 17.2 Å². The van der Waals surface area contributed by atoms with Crippen molar-refractivity contribution in [3.63, 3.8) is 0 Å². The Morgan fingerprint density at radius 3 is 2.93 bits per heavy atom. The topological polar surface area (TPSA) is 89.2 Å². The molecule has 3 heterocycles. The molecule has 2 aromatic heterocycles. The van der Waals surface area contributed by atoms with Gasteiger partial charge in [-0.25, -0.2) is 4.98 Å². The summed E-state index contributed by atoms with van der Waals surface area (Å²) in [6.45, 7) is 0.883. The van der Waals surface area contributed by atoms with Crippen LogP contribution in [-0.2, 0) is 0 Å². The van der Waals surface area contributed by atoms with Gasteiger partial charge in [-0.1, -0.05) is 18.2 Å². The van der Waals surface area contributed by atoms with Gasteiger partial charge in [0.25, 0.3) is 0 Å². The number of methoxy groups -OCH3 is 1. The van der Waals surface area contributed by atoms with Crippen LogP contribution in [0.4, 0.5) is 0 Å². The fourth-order valence-electron chi connectivity index (χ4n) is 3.40. The number of imidazole rings is 1. The zero-order valence-electron chi connectivity index (χ0n) is 15.1. The van der Waals surface area contributed by atoms with E-state index in [2.05, 4.69) is 15.0 Å². The Balaban J connectivity index is 1.52. The number of aromatic nitrogens is 3. The maximum absolute atomic E-state index is 13.0. The zero-order chi connectivity index (χ0) is 19.1. The number of ketones is 1. The van der Waals surface area contributed by atoms with E-state index in [0.717, 1.165) is 16.5 Å². The Labute approximate surface area is 160 Å². The number of benzene rings is 2. The second kappa shape index (κ2) is 6.45. The number of H-pyrrole nitrogens is 2. The number of fused-ring (bicyclic) bond motifs is 2. The summed E-state index contributed by atoms with van der Waals surface area (Å²) in [5, 5.41) is 1.04. The van der Waals surface area contributed by atoms with Crippen LogP contribution in [0.3, 0.4) is 0 Å². The van der Waals surface area contributed by atoms with Crippen molar-refractivity contribution in [3.05, 3.63) is 60.0 Å². The van der Waals surface area contributed by atoms with Gasteiger partial charge in [0.2, 0.25) is 11.5 Å². The molecular formula is C21H17N3O4. The van der Waals surface area contributed by atoms with E-state index in [4.69, 9.17) is 14.2 Å². The van der Waals surface area contributed by atoms with Crippen LogP contribution in [0.2, 0.25) is 0 Å². The van der Waals surface area contributed by atoms with Gasteiger partial charge in [-0.15, -0.1) is 0 Å². The van der Waals surface area contributed by atoms with Crippen molar-refractivity contribution in [1.29, 1.82) is 0 Å². The predicted octanol–water partition coefficient (Wildman–Crippen LogP) is 3.57. The number of hydrogen-bond acceptors (Lipinski definition) is 5. The van der Waals surface area contributed by atoms with E-state index in [9.17, 15) is 4.79 Å². The van der Waals surface area contributed by atoms with Gasteiger partial charge >= 0.3 is 0 Å². The van der Waals surface area contributed by atoms with Crippen LogP contribution in [-0.4, -0.2) is 41.1 Å². The third-order valence-corrected chi connectivity index (χ3v) is 4.75. The van der Waals surface area contributed by atoms with Crippen LogP contribution in [0.25, 0.3) is 22.3 Å². The molecule has 0 atom stereocenters. The molecule has 0 spiro atoms. The highest BCUT2D eigenvalue weighted by molar-refractivity contribution is 6.09. The molecule has 2 aromatic carbocycles. The number of ether oxygens (including phenoxy) is 3. The highest BCUT2D eigenvalue weighted by Crippen LogP contribution is 2.40. The molecule has 0 saturated heterocycles. The number of carbonyl (C=O) groups excluding carboxylic acids is 1. The van der Waals surface area contributed by atoms with E-state index in [-0.39, 0.29) is 5.78 Å². The summed E-state index contributed by atoms with van der Waals surface area (Å²) in [4.78, 5) is 23.8. The van der Waals surface area contributed by atoms with Crippen molar-refractivity contribution in [1.82, 2.24) is 15.0 Å². The highest BCUT2D eigenvalue weighted by atomic mass is 16.6. The minimum absolute atomic E-state index is 0.200. The maximum Gasteiger partial charge on any atom is 0.211 e. The zero-order valence-corrected chi connectivity index (χ0v) is 15.1. The Kier molecular flexibility index (Phi) is 3.79. The van der Waals surface area contributed by atoms with Gasteiger partial charge in [0.05, 0.1) is 13.3 Å². The van der Waals surface area contributed by atoms with Crippen LogP contribution < -0.4 is 14.2 Å². The molecule has 0 radical (unpaired) electrons. The van der Waals surface area contributed by atoms with Crippen molar-refractivity contribution in [2.75, 3.05) is 20.3 Å². The lowest BCUT2D eigenvalue weighted by Crippen LogP contribution is -2.17. The summed E-state index contributed by atoms with van der Waals surface area (Å²) in [5.74, 6) is 1.93. The van der Waals surface area contributed by atoms with Gasteiger partial charge in [0.15, 0.2) is 11.5 Å². The lowest BCUT2D eigenvalue weighted by Gasteiger charge is -2.21. The number of rotatable bonds is 4. The summed E-state index contributed by atoms with van der Waals surface area (Å²) < 4.78 is 16.6. The molecule has 0 aliphatic carbocycles. The molecule has 140 valence electrons. The monoisotopic (exact) mass is 375 g/mol. The Morgan fingerprint density at radius 2 is 2.04 bits per heavy atom. The number of carbonyl (C=O) groups is 1. The SMILES string of the molecule is COc1cc(C(=O)c2cnc(-c3c[nH]c4ccccc34)[nH]2)cc2c1OCCO2. The van der Waals surface area contributed by atoms with Crippen molar-refractivity contribution < 1.29 is 19.0 Å². The largest absolute Gasteiger partial charge is 0.493 e. The minimum Gasteiger partial charge on any atom is -0.493 e. The number of aromatic amines is 2. The average Bonchev–Trinajstić information content (AvgIpc) is 3.39. The Hall–Kier alpha value is -3.74. The van der Waals surface area contributed by atoms with E-state index in [0.29, 0.717) is 47.5 Å². The van der Waals surface area contributed by atoms with Crippen molar-refractivity contribution >= 4 is 16.7 Å². The highest BCUT2D eigenvalue weighted by Gasteiger charge is 2.22. The third kappa shape index (κ3) is 2.60. The molecule has 28 heavy (non-hydrogen) atoms. The summed E-state index contributed by atoms with van der Waals surface area (Å²) in [6.07, 6.45) is 3.42. The van der Waals surface area contributed by atoms with Crippen molar-refractivity contribution in [3.8, 4) is 28.6 Å². The summed E-state index contributed by atoms with van der Waals surface area (Å²) >= 11 is 0. The standard InChI is InChI=1S/C21H17N3O4/c1-26-17-8-12(9-18-20(17)28-7-6-27-18)19(25)16-11-23-21(24-16)14-10-22-15-5-3-2-4-13(14)15/h2-5,8-11,22H,6-7H2,1H3,(H,23,24). The fourth-order valence-corrected chi connectivity index (χ4v) is 3.40. The number of nitrogens with zero attached hydrogens (tertiary/aromatic N) is 1. The van der Waals surface area contributed by atoms with E-state index >= 15 is 0 Å².